The van der Waals surface area contributed by atoms with Gasteiger partial charge < -0.3 is 0 Å². The van der Waals surface area contributed by atoms with Gasteiger partial charge in [-0.15, -0.1) is 0 Å². The van der Waals surface area contributed by atoms with Crippen LogP contribution < -0.4 is 5.43 Å². The minimum absolute atomic E-state index is 0.586. The van der Waals surface area contributed by atoms with Crippen LogP contribution in [0.2, 0.25) is 0 Å². The zero-order valence-corrected chi connectivity index (χ0v) is 8.64. The summed E-state index contributed by atoms with van der Waals surface area (Å²) in [6, 6.07) is 1.43. The van der Waals surface area contributed by atoms with E-state index in [1.165, 1.54) is 32.2 Å². The molecular formula is C10H22N2. The van der Waals surface area contributed by atoms with Gasteiger partial charge in [0.05, 0.1) is 0 Å². The molecule has 0 saturated heterocycles. The first-order chi connectivity index (χ1) is 5.74. The van der Waals surface area contributed by atoms with Crippen LogP contribution in [0.4, 0.5) is 0 Å². The van der Waals surface area contributed by atoms with Crippen LogP contribution in [0.5, 0.6) is 0 Å². The summed E-state index contributed by atoms with van der Waals surface area (Å²) in [5.41, 5.74) is 3.51. The van der Waals surface area contributed by atoms with Crippen LogP contribution in [0, 0.1) is 0 Å². The van der Waals surface area contributed by atoms with E-state index in [1.54, 1.807) is 0 Å². The molecule has 2 heteroatoms. The highest BCUT2D eigenvalue weighted by atomic mass is 15.5. The smallest absolute Gasteiger partial charge is 0.0244 e. The maximum Gasteiger partial charge on any atom is 0.0244 e. The van der Waals surface area contributed by atoms with Crippen LogP contribution in [0.1, 0.15) is 46.5 Å². The molecule has 1 N–H and O–H groups in total. The van der Waals surface area contributed by atoms with Gasteiger partial charge in [0, 0.05) is 18.6 Å². The Morgan fingerprint density at radius 2 is 2.08 bits per heavy atom. The van der Waals surface area contributed by atoms with Crippen molar-refractivity contribution >= 4 is 0 Å². The maximum atomic E-state index is 3.51. The Morgan fingerprint density at radius 1 is 1.42 bits per heavy atom. The molecule has 2 nitrogen and oxygen atoms in total. The molecule has 1 rings (SSSR count). The number of hydrogen-bond acceptors (Lipinski definition) is 2. The molecule has 72 valence electrons. The monoisotopic (exact) mass is 170 g/mol. The molecule has 0 heterocycles. The summed E-state index contributed by atoms with van der Waals surface area (Å²) in [7, 11) is 0. The second-order valence-corrected chi connectivity index (χ2v) is 4.06. The average molecular weight is 170 g/mol. The molecule has 0 aliphatic heterocycles. The number of unbranched alkanes of at least 4 members (excludes halogenated alkanes) is 1. The normalized spacial score (nSPS) is 17.8. The molecule has 0 spiro atoms. The Morgan fingerprint density at radius 3 is 2.50 bits per heavy atom. The van der Waals surface area contributed by atoms with Gasteiger partial charge in [-0.25, -0.2) is 5.01 Å². The zero-order chi connectivity index (χ0) is 8.97. The number of hydrogen-bond donors (Lipinski definition) is 1. The molecule has 0 bridgehead atoms. The average Bonchev–Trinajstić information content (AvgIpc) is 2.79. The summed E-state index contributed by atoms with van der Waals surface area (Å²) in [4.78, 5) is 0. The van der Waals surface area contributed by atoms with E-state index < -0.39 is 0 Å². The van der Waals surface area contributed by atoms with E-state index >= 15 is 0 Å². The van der Waals surface area contributed by atoms with Crippen molar-refractivity contribution in [1.82, 2.24) is 10.4 Å². The highest BCUT2D eigenvalue weighted by molar-refractivity contribution is 4.82. The van der Waals surface area contributed by atoms with Gasteiger partial charge in [-0.1, -0.05) is 13.3 Å². The minimum atomic E-state index is 0.586. The third-order valence-corrected chi connectivity index (χ3v) is 2.16. The second kappa shape index (κ2) is 4.83. The van der Waals surface area contributed by atoms with Gasteiger partial charge in [0.2, 0.25) is 0 Å². The van der Waals surface area contributed by atoms with E-state index in [2.05, 4.69) is 31.2 Å². The molecular weight excluding hydrogens is 148 g/mol. The van der Waals surface area contributed by atoms with Crippen LogP contribution in [-0.2, 0) is 0 Å². The maximum absolute atomic E-state index is 3.51. The molecule has 0 unspecified atom stereocenters. The summed E-state index contributed by atoms with van der Waals surface area (Å²) in [5, 5.41) is 2.44. The van der Waals surface area contributed by atoms with E-state index in [1.807, 2.05) is 0 Å². The van der Waals surface area contributed by atoms with Crippen molar-refractivity contribution in [3.63, 3.8) is 0 Å². The third kappa shape index (κ3) is 3.55. The molecule has 1 fully saturated rings. The van der Waals surface area contributed by atoms with Crippen LogP contribution >= 0.6 is 0 Å². The Hall–Kier alpha value is -0.0800. The van der Waals surface area contributed by atoms with Gasteiger partial charge in [0.15, 0.2) is 0 Å². The fourth-order valence-corrected chi connectivity index (χ4v) is 1.40. The minimum Gasteiger partial charge on any atom is -0.252 e. The lowest BCUT2D eigenvalue weighted by Gasteiger charge is -2.25. The lowest BCUT2D eigenvalue weighted by Crippen LogP contribution is -2.44. The van der Waals surface area contributed by atoms with E-state index in [0.29, 0.717) is 6.04 Å². The van der Waals surface area contributed by atoms with Crippen LogP contribution in [0.25, 0.3) is 0 Å². The standard InChI is InChI=1S/C10H22N2/c1-4-5-8-12(10-6-7-10)11-9(2)3/h9-11H,4-8H2,1-3H3. The van der Waals surface area contributed by atoms with Crippen molar-refractivity contribution in [2.75, 3.05) is 6.54 Å². The SMILES string of the molecule is CCCCN(NC(C)C)C1CC1. The quantitative estimate of drug-likeness (QED) is 0.615. The molecule has 12 heavy (non-hydrogen) atoms. The van der Waals surface area contributed by atoms with Gasteiger partial charge in [0.25, 0.3) is 0 Å². The van der Waals surface area contributed by atoms with Crippen molar-refractivity contribution in [2.45, 2.75) is 58.5 Å². The van der Waals surface area contributed by atoms with Crippen molar-refractivity contribution < 1.29 is 0 Å². The summed E-state index contributed by atoms with van der Waals surface area (Å²) in [6.45, 7) is 7.89. The lowest BCUT2D eigenvalue weighted by atomic mass is 10.3. The zero-order valence-electron chi connectivity index (χ0n) is 8.64. The fourth-order valence-electron chi connectivity index (χ4n) is 1.40. The third-order valence-electron chi connectivity index (χ3n) is 2.16. The second-order valence-electron chi connectivity index (χ2n) is 4.06. The van der Waals surface area contributed by atoms with Crippen LogP contribution in [0.3, 0.4) is 0 Å². The summed E-state index contributed by atoms with van der Waals surface area (Å²) < 4.78 is 0. The first kappa shape index (κ1) is 10.0. The summed E-state index contributed by atoms with van der Waals surface area (Å²) in [5.74, 6) is 0. The van der Waals surface area contributed by atoms with Crippen LogP contribution in [-0.4, -0.2) is 23.6 Å². The summed E-state index contributed by atoms with van der Waals surface area (Å²) >= 11 is 0. The molecule has 1 saturated carbocycles. The van der Waals surface area contributed by atoms with Gasteiger partial charge in [-0.05, 0) is 33.1 Å². The molecule has 0 amide bonds. The van der Waals surface area contributed by atoms with Gasteiger partial charge in [0.1, 0.15) is 0 Å². The molecule has 0 aromatic rings. The Kier molecular flexibility index (Phi) is 4.02. The van der Waals surface area contributed by atoms with E-state index in [4.69, 9.17) is 0 Å². The van der Waals surface area contributed by atoms with Gasteiger partial charge in [-0.2, -0.15) is 0 Å². The topological polar surface area (TPSA) is 15.3 Å². The predicted molar refractivity (Wildman–Crippen MR) is 52.9 cm³/mol. The van der Waals surface area contributed by atoms with E-state index in [-0.39, 0.29) is 0 Å². The molecule has 0 atom stereocenters. The first-order valence-electron chi connectivity index (χ1n) is 5.27. The van der Waals surface area contributed by atoms with E-state index in [9.17, 15) is 0 Å². The summed E-state index contributed by atoms with van der Waals surface area (Å²) in [6.07, 6.45) is 5.39. The highest BCUT2D eigenvalue weighted by Gasteiger charge is 2.28. The Bertz CT molecular complexity index is 119. The van der Waals surface area contributed by atoms with Gasteiger partial charge in [-0.3, -0.25) is 5.43 Å². The molecule has 0 aromatic carbocycles. The predicted octanol–water partition coefficient (Wildman–Crippen LogP) is 2.16. The van der Waals surface area contributed by atoms with Crippen molar-refractivity contribution in [3.05, 3.63) is 0 Å². The van der Waals surface area contributed by atoms with Gasteiger partial charge >= 0.3 is 0 Å². The largest absolute Gasteiger partial charge is 0.252 e. The van der Waals surface area contributed by atoms with E-state index in [0.717, 1.165) is 6.04 Å². The number of nitrogens with one attached hydrogen (secondary N) is 1. The molecule has 1 aliphatic rings. The number of nitrogens with zero attached hydrogens (tertiary/aromatic N) is 1. The molecule has 1 aliphatic carbocycles. The highest BCUT2D eigenvalue weighted by Crippen LogP contribution is 2.25. The number of hydrazine groups is 1. The lowest BCUT2D eigenvalue weighted by molar-refractivity contribution is 0.154. The first-order valence-corrected chi connectivity index (χ1v) is 5.27. The Labute approximate surface area is 76.3 Å². The van der Waals surface area contributed by atoms with Crippen molar-refractivity contribution in [3.8, 4) is 0 Å². The fraction of sp³-hybridized carbons (Fsp3) is 1.00. The van der Waals surface area contributed by atoms with Crippen LogP contribution in [0.15, 0.2) is 0 Å². The number of rotatable bonds is 6. The molecule has 0 aromatic heterocycles. The molecule has 0 radical (unpaired) electrons. The van der Waals surface area contributed by atoms with Crippen molar-refractivity contribution in [1.29, 1.82) is 0 Å². The van der Waals surface area contributed by atoms with Crippen molar-refractivity contribution in [2.24, 2.45) is 0 Å². The Balaban J connectivity index is 2.18.